The number of fused-ring (bicyclic) bond motifs is 1. The monoisotopic (exact) mass is 254 g/mol. The van der Waals surface area contributed by atoms with Gasteiger partial charge in [-0.15, -0.1) is 11.3 Å². The summed E-state index contributed by atoms with van der Waals surface area (Å²) >= 11 is 1.80. The van der Waals surface area contributed by atoms with Crippen molar-refractivity contribution in [3.05, 3.63) is 21.4 Å². The van der Waals surface area contributed by atoms with Crippen LogP contribution in [0, 0.1) is 0 Å². The predicted octanol–water partition coefficient (Wildman–Crippen LogP) is 3.48. The summed E-state index contributed by atoms with van der Waals surface area (Å²) < 4.78 is 5.38. The summed E-state index contributed by atoms with van der Waals surface area (Å²) in [6.07, 6.45) is 5.03. The van der Waals surface area contributed by atoms with E-state index in [4.69, 9.17) is 4.74 Å². The van der Waals surface area contributed by atoms with E-state index in [1.54, 1.807) is 18.4 Å². The molecule has 0 aliphatic heterocycles. The minimum Gasteiger partial charge on any atom is -0.388 e. The van der Waals surface area contributed by atoms with E-state index in [0.717, 1.165) is 17.7 Å². The van der Waals surface area contributed by atoms with E-state index >= 15 is 0 Å². The lowest BCUT2D eigenvalue weighted by atomic mass is 9.99. The fourth-order valence-electron chi connectivity index (χ4n) is 2.24. The first-order valence-corrected chi connectivity index (χ1v) is 7.18. The standard InChI is InChI=1S/C14H22O2S/c1-14(2,16-3)8-7-11(15)13-9-10-5-4-6-12(10)17-13/h9,11,15H,4-8H2,1-3H3. The lowest BCUT2D eigenvalue weighted by molar-refractivity contribution is 0.00309. The molecule has 0 saturated heterocycles. The van der Waals surface area contributed by atoms with Crippen molar-refractivity contribution in [3.8, 4) is 0 Å². The molecule has 3 heteroatoms. The Kier molecular flexibility index (Phi) is 3.91. The van der Waals surface area contributed by atoms with Crippen LogP contribution in [0.2, 0.25) is 0 Å². The summed E-state index contributed by atoms with van der Waals surface area (Å²) in [4.78, 5) is 2.63. The van der Waals surface area contributed by atoms with Crippen LogP contribution in [0.5, 0.6) is 0 Å². The van der Waals surface area contributed by atoms with Crippen molar-refractivity contribution in [2.24, 2.45) is 0 Å². The van der Waals surface area contributed by atoms with Gasteiger partial charge in [0.25, 0.3) is 0 Å². The molecule has 1 heterocycles. The molecule has 17 heavy (non-hydrogen) atoms. The van der Waals surface area contributed by atoms with Gasteiger partial charge in [0.2, 0.25) is 0 Å². The normalized spacial score (nSPS) is 17.2. The highest BCUT2D eigenvalue weighted by atomic mass is 32.1. The zero-order valence-corrected chi connectivity index (χ0v) is 11.8. The first kappa shape index (κ1) is 13.1. The van der Waals surface area contributed by atoms with Crippen LogP contribution >= 0.6 is 11.3 Å². The molecule has 1 atom stereocenters. The van der Waals surface area contributed by atoms with Crippen LogP contribution in [-0.4, -0.2) is 17.8 Å². The van der Waals surface area contributed by atoms with Crippen LogP contribution < -0.4 is 0 Å². The number of methoxy groups -OCH3 is 1. The lowest BCUT2D eigenvalue weighted by Gasteiger charge is -2.23. The molecule has 0 spiro atoms. The van der Waals surface area contributed by atoms with E-state index in [2.05, 4.69) is 19.9 Å². The topological polar surface area (TPSA) is 29.5 Å². The van der Waals surface area contributed by atoms with Crippen molar-refractivity contribution in [3.63, 3.8) is 0 Å². The number of hydrogen-bond donors (Lipinski definition) is 1. The van der Waals surface area contributed by atoms with Crippen LogP contribution in [0.25, 0.3) is 0 Å². The highest BCUT2D eigenvalue weighted by molar-refractivity contribution is 7.12. The Labute approximate surface area is 108 Å². The van der Waals surface area contributed by atoms with Crippen LogP contribution in [0.4, 0.5) is 0 Å². The van der Waals surface area contributed by atoms with Crippen LogP contribution in [0.3, 0.4) is 0 Å². The van der Waals surface area contributed by atoms with E-state index in [0.29, 0.717) is 0 Å². The van der Waals surface area contributed by atoms with Crippen molar-refractivity contribution in [2.45, 2.75) is 57.7 Å². The summed E-state index contributed by atoms with van der Waals surface area (Å²) in [5.41, 5.74) is 1.33. The molecule has 0 radical (unpaired) electrons. The second kappa shape index (κ2) is 5.09. The summed E-state index contributed by atoms with van der Waals surface area (Å²) in [5.74, 6) is 0. The molecule has 2 nitrogen and oxygen atoms in total. The van der Waals surface area contributed by atoms with E-state index in [9.17, 15) is 5.11 Å². The van der Waals surface area contributed by atoms with Gasteiger partial charge in [0.05, 0.1) is 11.7 Å². The highest BCUT2D eigenvalue weighted by Crippen LogP contribution is 2.35. The molecule has 0 fully saturated rings. The minimum atomic E-state index is -0.319. The molecule has 0 bridgehead atoms. The molecule has 96 valence electrons. The third-order valence-electron chi connectivity index (χ3n) is 3.67. The van der Waals surface area contributed by atoms with Gasteiger partial charge in [0.1, 0.15) is 0 Å². The first-order valence-electron chi connectivity index (χ1n) is 6.36. The van der Waals surface area contributed by atoms with Gasteiger partial charge in [0, 0.05) is 16.9 Å². The van der Waals surface area contributed by atoms with Crippen molar-refractivity contribution in [1.29, 1.82) is 0 Å². The van der Waals surface area contributed by atoms with Gasteiger partial charge in [-0.05, 0) is 57.6 Å². The lowest BCUT2D eigenvalue weighted by Crippen LogP contribution is -2.22. The van der Waals surface area contributed by atoms with E-state index in [1.807, 2.05) is 0 Å². The number of thiophene rings is 1. The Morgan fingerprint density at radius 1 is 1.47 bits per heavy atom. The Morgan fingerprint density at radius 2 is 2.24 bits per heavy atom. The Morgan fingerprint density at radius 3 is 2.88 bits per heavy atom. The Bertz CT molecular complexity index is 360. The van der Waals surface area contributed by atoms with Gasteiger partial charge in [-0.25, -0.2) is 0 Å². The average Bonchev–Trinajstić information content (AvgIpc) is 2.86. The number of ether oxygens (including phenoxy) is 1. The molecule has 1 N–H and O–H groups in total. The summed E-state index contributed by atoms with van der Waals surface area (Å²) in [5, 5.41) is 10.2. The number of aliphatic hydroxyl groups is 1. The molecule has 1 aromatic heterocycles. The zero-order valence-electron chi connectivity index (χ0n) is 11.0. The average molecular weight is 254 g/mol. The Balaban J connectivity index is 1.93. The quantitative estimate of drug-likeness (QED) is 0.871. The van der Waals surface area contributed by atoms with Gasteiger partial charge in [-0.3, -0.25) is 0 Å². The van der Waals surface area contributed by atoms with Gasteiger partial charge in [0.15, 0.2) is 0 Å². The maximum absolute atomic E-state index is 10.2. The zero-order chi connectivity index (χ0) is 12.5. The van der Waals surface area contributed by atoms with E-state index in [-0.39, 0.29) is 11.7 Å². The molecule has 1 aliphatic carbocycles. The number of aliphatic hydroxyl groups excluding tert-OH is 1. The van der Waals surface area contributed by atoms with E-state index in [1.165, 1.54) is 29.7 Å². The third kappa shape index (κ3) is 3.09. The van der Waals surface area contributed by atoms with Crippen LogP contribution in [0.15, 0.2) is 6.07 Å². The van der Waals surface area contributed by atoms with Gasteiger partial charge >= 0.3 is 0 Å². The van der Waals surface area contributed by atoms with Gasteiger partial charge < -0.3 is 9.84 Å². The predicted molar refractivity (Wildman–Crippen MR) is 71.6 cm³/mol. The highest BCUT2D eigenvalue weighted by Gasteiger charge is 2.22. The first-order chi connectivity index (χ1) is 8.02. The largest absolute Gasteiger partial charge is 0.388 e. The number of hydrogen-bond acceptors (Lipinski definition) is 3. The molecule has 0 amide bonds. The number of aryl methyl sites for hydroxylation is 2. The summed E-state index contributed by atoms with van der Waals surface area (Å²) in [6.45, 7) is 4.13. The van der Waals surface area contributed by atoms with Gasteiger partial charge in [-0.2, -0.15) is 0 Å². The molecule has 1 unspecified atom stereocenters. The van der Waals surface area contributed by atoms with Crippen molar-refractivity contribution in [1.82, 2.24) is 0 Å². The second-order valence-electron chi connectivity index (χ2n) is 5.47. The fraction of sp³-hybridized carbons (Fsp3) is 0.714. The van der Waals surface area contributed by atoms with Crippen LogP contribution in [0.1, 0.15) is 54.5 Å². The molecular weight excluding hydrogens is 232 g/mol. The fourth-order valence-corrected chi connectivity index (χ4v) is 3.52. The summed E-state index contributed by atoms with van der Waals surface area (Å²) in [7, 11) is 1.73. The maximum atomic E-state index is 10.2. The van der Waals surface area contributed by atoms with Crippen molar-refractivity contribution in [2.75, 3.05) is 7.11 Å². The smallest absolute Gasteiger partial charge is 0.0883 e. The third-order valence-corrected chi connectivity index (χ3v) is 5.00. The molecule has 0 saturated carbocycles. The SMILES string of the molecule is COC(C)(C)CCC(O)c1cc2c(s1)CCC2. The molecule has 2 rings (SSSR count). The molecule has 1 aromatic rings. The number of rotatable bonds is 5. The molecular formula is C14H22O2S. The maximum Gasteiger partial charge on any atom is 0.0883 e. The van der Waals surface area contributed by atoms with Gasteiger partial charge in [-0.1, -0.05) is 0 Å². The Hall–Kier alpha value is -0.380. The van der Waals surface area contributed by atoms with E-state index < -0.39 is 0 Å². The molecule has 1 aliphatic rings. The summed E-state index contributed by atoms with van der Waals surface area (Å²) in [6, 6.07) is 2.21. The van der Waals surface area contributed by atoms with Crippen LogP contribution in [-0.2, 0) is 17.6 Å². The second-order valence-corrected chi connectivity index (χ2v) is 6.64. The van der Waals surface area contributed by atoms with Crippen molar-refractivity contribution < 1.29 is 9.84 Å². The van der Waals surface area contributed by atoms with Crippen molar-refractivity contribution >= 4 is 11.3 Å². The minimum absolute atomic E-state index is 0.138. The molecule has 0 aromatic carbocycles.